The fraction of sp³-hybridized carbons (Fsp3) is 0.0833. The van der Waals surface area contributed by atoms with Crippen LogP contribution < -0.4 is 11.1 Å². The molecule has 3 N–H and O–H groups in total. The number of carbonyl (C=O) groups excluding carboxylic acids is 1. The monoisotopic (exact) mass is 216 g/mol. The largest absolute Gasteiger partial charge is 0.446 e. The smallest absolute Gasteiger partial charge is 0.258 e. The van der Waals surface area contributed by atoms with Gasteiger partial charge in [0.2, 0.25) is 0 Å². The third kappa shape index (κ3) is 2.23. The van der Waals surface area contributed by atoms with E-state index in [9.17, 15) is 4.79 Å². The molecule has 1 heterocycles. The molecule has 1 aromatic carbocycles. The Morgan fingerprint density at radius 1 is 1.31 bits per heavy atom. The summed E-state index contributed by atoms with van der Waals surface area (Å²) < 4.78 is 5.24. The number of aryl methyl sites for hydroxylation is 1. The van der Waals surface area contributed by atoms with Gasteiger partial charge in [-0.05, 0) is 31.2 Å². The lowest BCUT2D eigenvalue weighted by atomic mass is 10.2. The Kier molecular flexibility index (Phi) is 2.64. The number of nitrogens with one attached hydrogen (secondary N) is 1. The average Bonchev–Trinajstić information content (AvgIpc) is 2.64. The van der Waals surface area contributed by atoms with Crippen molar-refractivity contribution in [1.29, 1.82) is 0 Å². The molecule has 0 radical (unpaired) electrons. The Balaban J connectivity index is 2.14. The summed E-state index contributed by atoms with van der Waals surface area (Å²) in [4.78, 5) is 11.7. The number of furan rings is 1. The van der Waals surface area contributed by atoms with Gasteiger partial charge in [0.15, 0.2) is 5.88 Å². The molecule has 4 heteroatoms. The maximum atomic E-state index is 11.7. The molecule has 2 aromatic rings. The van der Waals surface area contributed by atoms with E-state index in [1.54, 1.807) is 36.4 Å². The summed E-state index contributed by atoms with van der Waals surface area (Å²) in [6, 6.07) is 10.3. The van der Waals surface area contributed by atoms with Crippen molar-refractivity contribution in [3.05, 3.63) is 47.7 Å². The second kappa shape index (κ2) is 4.10. The minimum Gasteiger partial charge on any atom is -0.446 e. The van der Waals surface area contributed by atoms with Gasteiger partial charge in [0.05, 0.1) is 0 Å². The summed E-state index contributed by atoms with van der Waals surface area (Å²) >= 11 is 0. The van der Waals surface area contributed by atoms with Gasteiger partial charge >= 0.3 is 0 Å². The van der Waals surface area contributed by atoms with Crippen molar-refractivity contribution >= 4 is 17.5 Å². The number of nitrogen functional groups attached to an aromatic ring is 1. The van der Waals surface area contributed by atoms with E-state index in [1.807, 2.05) is 6.92 Å². The Labute approximate surface area is 93.1 Å². The minimum atomic E-state index is -0.235. The lowest BCUT2D eigenvalue weighted by molar-refractivity contribution is 0.102. The molecule has 1 aromatic heterocycles. The number of anilines is 2. The van der Waals surface area contributed by atoms with Crippen LogP contribution in [0.2, 0.25) is 0 Å². The first-order valence-corrected chi connectivity index (χ1v) is 4.88. The molecule has 16 heavy (non-hydrogen) atoms. The second-order valence-electron chi connectivity index (χ2n) is 3.49. The first-order valence-electron chi connectivity index (χ1n) is 4.88. The number of amides is 1. The molecular formula is C12H12N2O2. The van der Waals surface area contributed by atoms with Gasteiger partial charge < -0.3 is 10.2 Å². The van der Waals surface area contributed by atoms with Crippen LogP contribution in [-0.2, 0) is 0 Å². The van der Waals surface area contributed by atoms with Gasteiger partial charge in [-0.2, -0.15) is 0 Å². The van der Waals surface area contributed by atoms with E-state index in [0.717, 1.165) is 5.76 Å². The molecule has 0 atom stereocenters. The topological polar surface area (TPSA) is 68.3 Å². The normalized spacial score (nSPS) is 10.1. The van der Waals surface area contributed by atoms with Crippen molar-refractivity contribution in [2.75, 3.05) is 11.1 Å². The standard InChI is InChI=1S/C12H12N2O2/c1-8-5-6-11(16-8)14-12(15)9-3-2-4-10(13)7-9/h2-7H,13H2,1H3,(H,14,15). The molecule has 0 spiro atoms. The predicted molar refractivity (Wildman–Crippen MR) is 62.3 cm³/mol. The Morgan fingerprint density at radius 3 is 2.75 bits per heavy atom. The zero-order valence-corrected chi connectivity index (χ0v) is 8.86. The second-order valence-corrected chi connectivity index (χ2v) is 3.49. The molecule has 0 aliphatic carbocycles. The quantitative estimate of drug-likeness (QED) is 0.757. The van der Waals surface area contributed by atoms with Crippen molar-refractivity contribution < 1.29 is 9.21 Å². The van der Waals surface area contributed by atoms with Gasteiger partial charge in [0, 0.05) is 17.3 Å². The highest BCUT2D eigenvalue weighted by atomic mass is 16.4. The van der Waals surface area contributed by atoms with Crippen molar-refractivity contribution in [2.24, 2.45) is 0 Å². The number of rotatable bonds is 2. The summed E-state index contributed by atoms with van der Waals surface area (Å²) in [5.41, 5.74) is 6.66. The van der Waals surface area contributed by atoms with E-state index in [0.29, 0.717) is 17.1 Å². The molecule has 0 fully saturated rings. The summed E-state index contributed by atoms with van der Waals surface area (Å²) in [6.45, 7) is 1.82. The fourth-order valence-corrected chi connectivity index (χ4v) is 1.37. The lowest BCUT2D eigenvalue weighted by Gasteiger charge is -2.02. The molecule has 0 unspecified atom stereocenters. The maximum absolute atomic E-state index is 11.7. The minimum absolute atomic E-state index is 0.235. The highest BCUT2D eigenvalue weighted by Crippen LogP contribution is 2.14. The van der Waals surface area contributed by atoms with E-state index in [1.165, 1.54) is 0 Å². The van der Waals surface area contributed by atoms with E-state index in [2.05, 4.69) is 5.32 Å². The lowest BCUT2D eigenvalue weighted by Crippen LogP contribution is -2.11. The summed E-state index contributed by atoms with van der Waals surface area (Å²) in [5.74, 6) is 0.953. The van der Waals surface area contributed by atoms with Gasteiger partial charge in [-0.15, -0.1) is 0 Å². The molecule has 0 aliphatic rings. The Morgan fingerprint density at radius 2 is 2.12 bits per heavy atom. The zero-order chi connectivity index (χ0) is 11.5. The van der Waals surface area contributed by atoms with Crippen LogP contribution in [0.15, 0.2) is 40.8 Å². The van der Waals surface area contributed by atoms with Gasteiger partial charge in [0.1, 0.15) is 5.76 Å². The summed E-state index contributed by atoms with van der Waals surface area (Å²) in [6.07, 6.45) is 0. The van der Waals surface area contributed by atoms with E-state index < -0.39 is 0 Å². The first-order chi connectivity index (χ1) is 7.65. The van der Waals surface area contributed by atoms with Crippen LogP contribution in [0, 0.1) is 6.92 Å². The molecule has 82 valence electrons. The molecule has 1 amide bonds. The zero-order valence-electron chi connectivity index (χ0n) is 8.86. The van der Waals surface area contributed by atoms with Crippen LogP contribution in [0.4, 0.5) is 11.6 Å². The molecule has 0 bridgehead atoms. The fourth-order valence-electron chi connectivity index (χ4n) is 1.37. The van der Waals surface area contributed by atoms with E-state index in [4.69, 9.17) is 10.2 Å². The number of hydrogen-bond donors (Lipinski definition) is 2. The highest BCUT2D eigenvalue weighted by molar-refractivity contribution is 6.04. The molecule has 0 saturated heterocycles. The van der Waals surface area contributed by atoms with Gasteiger partial charge in [0.25, 0.3) is 5.91 Å². The van der Waals surface area contributed by atoms with Gasteiger partial charge in [-0.3, -0.25) is 10.1 Å². The van der Waals surface area contributed by atoms with Crippen molar-refractivity contribution in [2.45, 2.75) is 6.92 Å². The number of benzene rings is 1. The summed E-state index contributed by atoms with van der Waals surface area (Å²) in [5, 5.41) is 2.65. The van der Waals surface area contributed by atoms with Gasteiger partial charge in [-0.1, -0.05) is 6.07 Å². The van der Waals surface area contributed by atoms with E-state index >= 15 is 0 Å². The number of carbonyl (C=O) groups is 1. The first kappa shape index (κ1) is 10.3. The predicted octanol–water partition coefficient (Wildman–Crippen LogP) is 2.42. The third-order valence-electron chi connectivity index (χ3n) is 2.13. The Bertz CT molecular complexity index is 517. The average molecular weight is 216 g/mol. The Hall–Kier alpha value is -2.23. The molecule has 0 aliphatic heterocycles. The maximum Gasteiger partial charge on any atom is 0.258 e. The van der Waals surface area contributed by atoms with Crippen LogP contribution in [0.3, 0.4) is 0 Å². The van der Waals surface area contributed by atoms with Crippen molar-refractivity contribution in [3.63, 3.8) is 0 Å². The molecule has 2 rings (SSSR count). The summed E-state index contributed by atoms with van der Waals surface area (Å²) in [7, 11) is 0. The van der Waals surface area contributed by atoms with Crippen LogP contribution in [0.5, 0.6) is 0 Å². The van der Waals surface area contributed by atoms with E-state index in [-0.39, 0.29) is 5.91 Å². The molecular weight excluding hydrogens is 204 g/mol. The van der Waals surface area contributed by atoms with Crippen LogP contribution in [-0.4, -0.2) is 5.91 Å². The van der Waals surface area contributed by atoms with Crippen molar-refractivity contribution in [3.8, 4) is 0 Å². The van der Waals surface area contributed by atoms with Crippen molar-refractivity contribution in [1.82, 2.24) is 0 Å². The van der Waals surface area contributed by atoms with Crippen LogP contribution >= 0.6 is 0 Å². The third-order valence-corrected chi connectivity index (χ3v) is 2.13. The van der Waals surface area contributed by atoms with Gasteiger partial charge in [-0.25, -0.2) is 0 Å². The van der Waals surface area contributed by atoms with Crippen LogP contribution in [0.1, 0.15) is 16.1 Å². The number of nitrogens with two attached hydrogens (primary N) is 1. The molecule has 4 nitrogen and oxygen atoms in total. The highest BCUT2D eigenvalue weighted by Gasteiger charge is 2.07. The number of hydrogen-bond acceptors (Lipinski definition) is 3. The van der Waals surface area contributed by atoms with Crippen LogP contribution in [0.25, 0.3) is 0 Å². The SMILES string of the molecule is Cc1ccc(NC(=O)c2cccc(N)c2)o1. The molecule has 0 saturated carbocycles.